The molecule has 6 heteroatoms. The van der Waals surface area contributed by atoms with Gasteiger partial charge in [0.1, 0.15) is 12.2 Å². The van der Waals surface area contributed by atoms with Crippen LogP contribution in [-0.4, -0.2) is 37.4 Å². The fourth-order valence-electron chi connectivity index (χ4n) is 3.70. The second-order valence-electron chi connectivity index (χ2n) is 6.91. The van der Waals surface area contributed by atoms with Crippen LogP contribution < -0.4 is 4.90 Å². The van der Waals surface area contributed by atoms with Gasteiger partial charge in [-0.3, -0.25) is 0 Å². The lowest BCUT2D eigenvalue weighted by Gasteiger charge is -2.32. The molecule has 4 rings (SSSR count). The summed E-state index contributed by atoms with van der Waals surface area (Å²) >= 11 is 0. The number of fused-ring (bicyclic) bond motifs is 1. The van der Waals surface area contributed by atoms with E-state index in [9.17, 15) is 0 Å². The molecule has 6 nitrogen and oxygen atoms in total. The largest absolute Gasteiger partial charge is 0.342 e. The average molecular weight is 324 g/mol. The van der Waals surface area contributed by atoms with Crippen LogP contribution >= 0.6 is 0 Å². The Bertz CT molecular complexity index is 838. The van der Waals surface area contributed by atoms with Gasteiger partial charge in [-0.1, -0.05) is 12.1 Å². The Balaban J connectivity index is 1.53. The Hall–Kier alpha value is -2.37. The summed E-state index contributed by atoms with van der Waals surface area (Å²) in [6.07, 6.45) is 4.04. The fraction of sp³-hybridized carbons (Fsp3) is 0.500. The maximum absolute atomic E-state index is 4.83. The fourth-order valence-corrected chi connectivity index (χ4v) is 3.70. The average Bonchev–Trinajstić information content (AvgIpc) is 3.21. The molecular weight excluding hydrogens is 300 g/mol. The molecular formula is C18H24N6. The van der Waals surface area contributed by atoms with Crippen molar-refractivity contribution in [1.29, 1.82) is 0 Å². The number of aryl methyl sites for hydroxylation is 1. The van der Waals surface area contributed by atoms with Crippen LogP contribution in [0, 0.1) is 0 Å². The van der Waals surface area contributed by atoms with Gasteiger partial charge in [0.2, 0.25) is 5.95 Å². The van der Waals surface area contributed by atoms with E-state index in [0.717, 1.165) is 43.2 Å². The lowest BCUT2D eigenvalue weighted by atomic mass is 9.96. The summed E-state index contributed by atoms with van der Waals surface area (Å²) in [4.78, 5) is 7.22. The Morgan fingerprint density at radius 1 is 1.12 bits per heavy atom. The number of anilines is 1. The first-order valence-corrected chi connectivity index (χ1v) is 8.71. The van der Waals surface area contributed by atoms with E-state index < -0.39 is 0 Å². The van der Waals surface area contributed by atoms with E-state index in [2.05, 4.69) is 63.3 Å². The molecule has 1 aliphatic rings. The zero-order valence-corrected chi connectivity index (χ0v) is 14.6. The summed E-state index contributed by atoms with van der Waals surface area (Å²) in [5, 5.41) is 8.51. The van der Waals surface area contributed by atoms with E-state index in [1.807, 2.05) is 12.4 Å². The summed E-state index contributed by atoms with van der Waals surface area (Å²) in [6, 6.07) is 8.73. The van der Waals surface area contributed by atoms with Crippen molar-refractivity contribution < 1.29 is 0 Å². The number of benzene rings is 1. The van der Waals surface area contributed by atoms with Gasteiger partial charge in [-0.05, 0) is 38.8 Å². The maximum Gasteiger partial charge on any atom is 0.206 e. The molecule has 3 heterocycles. The molecule has 0 saturated carbocycles. The minimum Gasteiger partial charge on any atom is -0.342 e. The number of nitrogens with zero attached hydrogens (tertiary/aromatic N) is 6. The van der Waals surface area contributed by atoms with Crippen LogP contribution in [-0.2, 0) is 7.05 Å². The molecule has 2 aromatic heterocycles. The van der Waals surface area contributed by atoms with Gasteiger partial charge in [0, 0.05) is 32.1 Å². The second kappa shape index (κ2) is 5.92. The first kappa shape index (κ1) is 15.2. The molecule has 0 bridgehead atoms. The van der Waals surface area contributed by atoms with Gasteiger partial charge in [0.15, 0.2) is 0 Å². The van der Waals surface area contributed by atoms with Gasteiger partial charge in [0.05, 0.1) is 11.0 Å². The number of hydrogen-bond acceptors (Lipinski definition) is 4. The van der Waals surface area contributed by atoms with Crippen LogP contribution in [0.15, 0.2) is 30.6 Å². The standard InChI is InChI=1S/C18H24N6/c1-13(2)24-12-19-21-17(24)14-8-10-23(11-9-14)18-20-15-6-4-5-7-16(15)22(18)3/h4-7,12-14H,8-11H2,1-3H3. The van der Waals surface area contributed by atoms with E-state index in [0.29, 0.717) is 12.0 Å². The van der Waals surface area contributed by atoms with Crippen molar-refractivity contribution in [2.24, 2.45) is 7.05 Å². The second-order valence-corrected chi connectivity index (χ2v) is 6.91. The Morgan fingerprint density at radius 3 is 2.58 bits per heavy atom. The molecule has 0 amide bonds. The molecule has 0 unspecified atom stereocenters. The highest BCUT2D eigenvalue weighted by Crippen LogP contribution is 2.31. The predicted molar refractivity (Wildman–Crippen MR) is 95.3 cm³/mol. The Morgan fingerprint density at radius 2 is 1.88 bits per heavy atom. The van der Waals surface area contributed by atoms with Crippen molar-refractivity contribution >= 4 is 17.0 Å². The summed E-state index contributed by atoms with van der Waals surface area (Å²) in [5.41, 5.74) is 2.26. The van der Waals surface area contributed by atoms with Crippen molar-refractivity contribution in [3.05, 3.63) is 36.4 Å². The molecule has 1 saturated heterocycles. The topological polar surface area (TPSA) is 51.8 Å². The highest BCUT2D eigenvalue weighted by molar-refractivity contribution is 5.78. The van der Waals surface area contributed by atoms with Gasteiger partial charge >= 0.3 is 0 Å². The van der Waals surface area contributed by atoms with Gasteiger partial charge in [-0.2, -0.15) is 0 Å². The number of rotatable bonds is 3. The maximum atomic E-state index is 4.83. The van der Waals surface area contributed by atoms with E-state index in [1.165, 1.54) is 5.52 Å². The van der Waals surface area contributed by atoms with E-state index in [1.54, 1.807) is 0 Å². The molecule has 0 N–H and O–H groups in total. The minimum atomic E-state index is 0.410. The lowest BCUT2D eigenvalue weighted by molar-refractivity contribution is 0.445. The van der Waals surface area contributed by atoms with Crippen LogP contribution in [0.2, 0.25) is 0 Å². The third-order valence-corrected chi connectivity index (χ3v) is 5.06. The molecule has 0 radical (unpaired) electrons. The van der Waals surface area contributed by atoms with Crippen molar-refractivity contribution in [3.8, 4) is 0 Å². The highest BCUT2D eigenvalue weighted by atomic mass is 15.3. The van der Waals surface area contributed by atoms with Crippen molar-refractivity contribution in [2.45, 2.75) is 38.6 Å². The number of imidazole rings is 1. The monoisotopic (exact) mass is 324 g/mol. The van der Waals surface area contributed by atoms with Crippen LogP contribution in [0.5, 0.6) is 0 Å². The molecule has 24 heavy (non-hydrogen) atoms. The van der Waals surface area contributed by atoms with Crippen molar-refractivity contribution in [3.63, 3.8) is 0 Å². The highest BCUT2D eigenvalue weighted by Gasteiger charge is 2.27. The molecule has 1 fully saturated rings. The summed E-state index contributed by atoms with van der Waals surface area (Å²) in [6.45, 7) is 6.38. The van der Waals surface area contributed by atoms with E-state index in [-0.39, 0.29) is 0 Å². The molecule has 0 atom stereocenters. The molecule has 0 aliphatic carbocycles. The predicted octanol–water partition coefficient (Wildman–Crippen LogP) is 3.13. The number of piperidine rings is 1. The number of hydrogen-bond donors (Lipinski definition) is 0. The van der Waals surface area contributed by atoms with E-state index >= 15 is 0 Å². The van der Waals surface area contributed by atoms with Crippen LogP contribution in [0.3, 0.4) is 0 Å². The van der Waals surface area contributed by atoms with Gasteiger partial charge in [-0.15, -0.1) is 10.2 Å². The number of para-hydroxylation sites is 2. The van der Waals surface area contributed by atoms with Gasteiger partial charge in [0.25, 0.3) is 0 Å². The quantitative estimate of drug-likeness (QED) is 0.743. The van der Waals surface area contributed by atoms with E-state index in [4.69, 9.17) is 4.98 Å². The Labute approximate surface area is 142 Å². The lowest BCUT2D eigenvalue weighted by Crippen LogP contribution is -2.35. The zero-order chi connectivity index (χ0) is 16.7. The molecule has 0 spiro atoms. The van der Waals surface area contributed by atoms with Crippen LogP contribution in [0.4, 0.5) is 5.95 Å². The van der Waals surface area contributed by atoms with Crippen LogP contribution in [0.1, 0.15) is 44.5 Å². The van der Waals surface area contributed by atoms with Gasteiger partial charge in [-0.25, -0.2) is 4.98 Å². The third kappa shape index (κ3) is 2.46. The molecule has 126 valence electrons. The molecule has 1 aromatic carbocycles. The van der Waals surface area contributed by atoms with Crippen molar-refractivity contribution in [1.82, 2.24) is 24.3 Å². The summed E-state index contributed by atoms with van der Waals surface area (Å²) < 4.78 is 4.40. The SMILES string of the molecule is CC(C)n1cnnc1C1CCN(c2nc3ccccc3n2C)CC1. The summed E-state index contributed by atoms with van der Waals surface area (Å²) in [7, 11) is 2.10. The normalized spacial score (nSPS) is 16.4. The van der Waals surface area contributed by atoms with Crippen LogP contribution in [0.25, 0.3) is 11.0 Å². The molecule has 1 aliphatic heterocycles. The third-order valence-electron chi connectivity index (χ3n) is 5.06. The molecule has 3 aromatic rings. The minimum absolute atomic E-state index is 0.410. The zero-order valence-electron chi connectivity index (χ0n) is 14.6. The summed E-state index contributed by atoms with van der Waals surface area (Å²) in [5.74, 6) is 2.69. The van der Waals surface area contributed by atoms with Crippen molar-refractivity contribution in [2.75, 3.05) is 18.0 Å². The first-order chi connectivity index (χ1) is 11.6. The first-order valence-electron chi connectivity index (χ1n) is 8.71. The number of aromatic nitrogens is 5. The smallest absolute Gasteiger partial charge is 0.206 e. The van der Waals surface area contributed by atoms with Gasteiger partial charge < -0.3 is 14.0 Å². The Kier molecular flexibility index (Phi) is 3.75.